The molecule has 0 aromatic rings. The second-order valence-electron chi connectivity index (χ2n) is 2.56. The molecule has 1 unspecified atom stereocenters. The van der Waals surface area contributed by atoms with Crippen LogP contribution in [-0.2, 0) is 4.79 Å². The number of ketones is 1. The van der Waals surface area contributed by atoms with E-state index in [9.17, 15) is 19.8 Å². The molecule has 4 N–H and O–H groups in total. The van der Waals surface area contributed by atoms with Crippen molar-refractivity contribution in [1.29, 1.82) is 0 Å². The fraction of sp³-hybridized carbons (Fsp3) is 0.600. The lowest BCUT2D eigenvalue weighted by molar-refractivity contribution is -0.467. The van der Waals surface area contributed by atoms with Crippen LogP contribution < -0.4 is 11.5 Å². The summed E-state index contributed by atoms with van der Waals surface area (Å²) in [5.41, 5.74) is 7.74. The molecule has 0 amide bonds. The molecule has 9 heteroatoms. The first-order valence-corrected chi connectivity index (χ1v) is 3.42. The summed E-state index contributed by atoms with van der Waals surface area (Å²) in [6.07, 6.45) is 0. The van der Waals surface area contributed by atoms with Crippen molar-refractivity contribution in [1.82, 2.24) is 0 Å². The topological polar surface area (TPSA) is 154 Å². The van der Waals surface area contributed by atoms with Gasteiger partial charge in [-0.3, -0.25) is 14.9 Å². The van der Waals surface area contributed by atoms with Crippen LogP contribution in [0.3, 0.4) is 0 Å². The summed E-state index contributed by atoms with van der Waals surface area (Å²) in [5, 5.41) is 12.3. The van der Waals surface area contributed by atoms with Gasteiger partial charge >= 0.3 is 0 Å². The number of nitroso groups, excluding NO2 is 1. The highest BCUT2D eigenvalue weighted by molar-refractivity contribution is 5.91. The highest BCUT2D eigenvalue weighted by atomic mass is 16.6. The smallest absolute Gasteiger partial charge is 0.266 e. The maximum absolute atomic E-state index is 11.1. The summed E-state index contributed by atoms with van der Waals surface area (Å²) in [4.78, 5) is 33.7. The van der Waals surface area contributed by atoms with Crippen LogP contribution in [0.2, 0.25) is 0 Å². The molecule has 78 valence electrons. The zero-order valence-corrected chi connectivity index (χ0v) is 7.34. The molecule has 1 atom stereocenters. The Labute approximate surface area is 78.3 Å². The number of guanidine groups is 1. The minimum atomic E-state index is -2.12. The van der Waals surface area contributed by atoms with Crippen LogP contribution in [0.5, 0.6) is 0 Å². The standard InChI is InChI=1S/C5H9N5O4/c1-5(9-12,8-4(6)7)3(11)2-10(13)14/h2H2,1H3,(H4,6,7,8). The molecule has 0 aliphatic heterocycles. The number of carbonyl (C=O) groups excluding carboxylic acids is 1. The van der Waals surface area contributed by atoms with Crippen molar-refractivity contribution < 1.29 is 9.72 Å². The van der Waals surface area contributed by atoms with Crippen LogP contribution in [0.25, 0.3) is 0 Å². The van der Waals surface area contributed by atoms with E-state index in [1.807, 2.05) is 0 Å². The third-order valence-electron chi connectivity index (χ3n) is 1.33. The molecule has 0 aromatic heterocycles. The van der Waals surface area contributed by atoms with E-state index < -0.39 is 28.9 Å². The number of hydrogen-bond acceptors (Lipinski definition) is 6. The summed E-state index contributed by atoms with van der Waals surface area (Å²) < 4.78 is 0. The molecule has 14 heavy (non-hydrogen) atoms. The van der Waals surface area contributed by atoms with Crippen LogP contribution in [0, 0.1) is 15.0 Å². The van der Waals surface area contributed by atoms with Gasteiger partial charge in [0.15, 0.2) is 5.96 Å². The Hall–Kier alpha value is -2.06. The molecule has 0 aromatic carbocycles. The average molecular weight is 203 g/mol. The lowest BCUT2D eigenvalue weighted by Crippen LogP contribution is -2.39. The number of rotatable bonds is 5. The van der Waals surface area contributed by atoms with Crippen molar-refractivity contribution in [2.45, 2.75) is 12.6 Å². The number of nitrogens with two attached hydrogens (primary N) is 2. The SMILES string of the molecule is CC(N=O)(N=C(N)N)C(=O)C[N+](=O)[O-]. The first-order valence-electron chi connectivity index (χ1n) is 3.42. The van der Waals surface area contributed by atoms with E-state index in [4.69, 9.17) is 11.5 Å². The molecular weight excluding hydrogens is 194 g/mol. The van der Waals surface area contributed by atoms with Crippen molar-refractivity contribution in [3.05, 3.63) is 15.0 Å². The maximum atomic E-state index is 11.1. The predicted molar refractivity (Wildman–Crippen MR) is 46.9 cm³/mol. The van der Waals surface area contributed by atoms with Gasteiger partial charge in [-0.1, -0.05) is 0 Å². The van der Waals surface area contributed by atoms with E-state index in [1.54, 1.807) is 0 Å². The number of aliphatic imine (C=N–C) groups is 1. The summed E-state index contributed by atoms with van der Waals surface area (Å²) >= 11 is 0. The Balaban J connectivity index is 4.86. The van der Waals surface area contributed by atoms with Gasteiger partial charge in [-0.15, -0.1) is 4.91 Å². The Morgan fingerprint density at radius 3 is 2.36 bits per heavy atom. The van der Waals surface area contributed by atoms with Crippen molar-refractivity contribution >= 4 is 11.7 Å². The predicted octanol–water partition coefficient (Wildman–Crippen LogP) is -1.41. The molecule has 0 bridgehead atoms. The lowest BCUT2D eigenvalue weighted by Gasteiger charge is -2.11. The first kappa shape index (κ1) is 11.9. The molecule has 0 saturated carbocycles. The van der Waals surface area contributed by atoms with E-state index in [-0.39, 0.29) is 0 Å². The average Bonchev–Trinajstić information content (AvgIpc) is 2.01. The Morgan fingerprint density at radius 1 is 1.57 bits per heavy atom. The fourth-order valence-electron chi connectivity index (χ4n) is 0.652. The first-order chi connectivity index (χ1) is 6.31. The van der Waals surface area contributed by atoms with Crippen LogP contribution in [-0.4, -0.2) is 28.9 Å². The zero-order chi connectivity index (χ0) is 11.4. The molecule has 0 aliphatic carbocycles. The molecular formula is C5H9N5O4. The van der Waals surface area contributed by atoms with Gasteiger partial charge < -0.3 is 11.5 Å². The van der Waals surface area contributed by atoms with Gasteiger partial charge in [-0.2, -0.15) is 0 Å². The van der Waals surface area contributed by atoms with Gasteiger partial charge in [-0.05, 0) is 12.1 Å². The van der Waals surface area contributed by atoms with Crippen molar-refractivity contribution in [2.75, 3.05) is 6.54 Å². The monoisotopic (exact) mass is 203 g/mol. The summed E-state index contributed by atoms with van der Waals surface area (Å²) in [6, 6.07) is 0. The molecule has 0 aliphatic rings. The molecule has 0 fully saturated rings. The van der Waals surface area contributed by atoms with Crippen LogP contribution in [0.15, 0.2) is 10.2 Å². The number of carbonyl (C=O) groups is 1. The highest BCUT2D eigenvalue weighted by Gasteiger charge is 2.37. The highest BCUT2D eigenvalue weighted by Crippen LogP contribution is 2.12. The normalized spacial score (nSPS) is 13.8. The van der Waals surface area contributed by atoms with E-state index >= 15 is 0 Å². The van der Waals surface area contributed by atoms with Gasteiger partial charge in [0.05, 0.1) is 0 Å². The van der Waals surface area contributed by atoms with Crippen LogP contribution in [0.4, 0.5) is 0 Å². The minimum Gasteiger partial charge on any atom is -0.370 e. The number of nitro groups is 1. The second kappa shape index (κ2) is 4.25. The third kappa shape index (κ3) is 3.13. The summed E-state index contributed by atoms with van der Waals surface area (Å²) in [5.74, 6) is -1.62. The van der Waals surface area contributed by atoms with Gasteiger partial charge in [0.25, 0.3) is 18.0 Å². The molecule has 9 nitrogen and oxygen atoms in total. The van der Waals surface area contributed by atoms with Crippen LogP contribution in [0.1, 0.15) is 6.92 Å². The van der Waals surface area contributed by atoms with Gasteiger partial charge in [0.1, 0.15) is 0 Å². The van der Waals surface area contributed by atoms with Crippen molar-refractivity contribution in [2.24, 2.45) is 21.6 Å². The quantitative estimate of drug-likeness (QED) is 0.184. The molecule has 0 radical (unpaired) electrons. The van der Waals surface area contributed by atoms with Gasteiger partial charge in [0, 0.05) is 4.92 Å². The van der Waals surface area contributed by atoms with Gasteiger partial charge in [-0.25, -0.2) is 4.99 Å². The molecule has 0 rings (SSSR count). The van der Waals surface area contributed by atoms with Crippen LogP contribution >= 0.6 is 0 Å². The van der Waals surface area contributed by atoms with Crippen molar-refractivity contribution in [3.63, 3.8) is 0 Å². The number of Topliss-reactive ketones (excluding diaryl/α,β-unsaturated/α-hetero) is 1. The Kier molecular flexibility index (Phi) is 3.63. The minimum absolute atomic E-state index is 0.538. The van der Waals surface area contributed by atoms with E-state index in [0.717, 1.165) is 6.92 Å². The maximum Gasteiger partial charge on any atom is 0.266 e. The van der Waals surface area contributed by atoms with E-state index in [0.29, 0.717) is 0 Å². The van der Waals surface area contributed by atoms with E-state index in [1.165, 1.54) is 0 Å². The molecule has 0 saturated heterocycles. The molecule has 0 heterocycles. The summed E-state index contributed by atoms with van der Waals surface area (Å²) in [7, 11) is 0. The number of nitrogens with zero attached hydrogens (tertiary/aromatic N) is 3. The zero-order valence-electron chi connectivity index (χ0n) is 7.34. The Morgan fingerprint density at radius 2 is 2.07 bits per heavy atom. The van der Waals surface area contributed by atoms with E-state index in [2.05, 4.69) is 10.2 Å². The van der Waals surface area contributed by atoms with Gasteiger partial charge in [0.2, 0.25) is 0 Å². The number of hydrogen-bond donors (Lipinski definition) is 2. The largest absolute Gasteiger partial charge is 0.370 e. The summed E-state index contributed by atoms with van der Waals surface area (Å²) in [6.45, 7) is -0.0649. The Bertz CT molecular complexity index is 296. The fourth-order valence-corrected chi connectivity index (χ4v) is 0.652. The third-order valence-corrected chi connectivity index (χ3v) is 1.33. The second-order valence-corrected chi connectivity index (χ2v) is 2.56. The molecule has 0 spiro atoms. The van der Waals surface area contributed by atoms with Crippen molar-refractivity contribution in [3.8, 4) is 0 Å². The lowest BCUT2D eigenvalue weighted by atomic mass is 10.1.